The number of rotatable bonds is 7. The molecule has 1 unspecified atom stereocenters. The normalized spacial score (nSPS) is 22.1. The number of hydrazine groups is 1. The van der Waals surface area contributed by atoms with Crippen molar-refractivity contribution in [2.24, 2.45) is 5.84 Å². The first-order valence-corrected chi connectivity index (χ1v) is 7.13. The van der Waals surface area contributed by atoms with Crippen LogP contribution in [0.5, 0.6) is 0 Å². The zero-order valence-corrected chi connectivity index (χ0v) is 11.8. The average molecular weight is 256 g/mol. The summed E-state index contributed by atoms with van der Waals surface area (Å²) in [6, 6.07) is 0.673. The molecule has 0 aromatic heterocycles. The molecule has 0 aromatic rings. The van der Waals surface area contributed by atoms with Gasteiger partial charge in [-0.3, -0.25) is 15.1 Å². The van der Waals surface area contributed by atoms with Gasteiger partial charge in [0.15, 0.2) is 0 Å². The van der Waals surface area contributed by atoms with Gasteiger partial charge in [-0.25, -0.2) is 5.84 Å². The highest BCUT2D eigenvalue weighted by molar-refractivity contribution is 5.74. The SMILES string of the molecule is CCN1CCN(CCCCCC(=O)NN)CC1C. The van der Waals surface area contributed by atoms with E-state index in [1.54, 1.807) is 0 Å². The first-order chi connectivity index (χ1) is 8.67. The zero-order chi connectivity index (χ0) is 13.4. The zero-order valence-electron chi connectivity index (χ0n) is 11.8. The summed E-state index contributed by atoms with van der Waals surface area (Å²) in [4.78, 5) is 16.0. The van der Waals surface area contributed by atoms with Gasteiger partial charge in [0.05, 0.1) is 0 Å². The Kier molecular flexibility index (Phi) is 7.23. The minimum Gasteiger partial charge on any atom is -0.301 e. The Morgan fingerprint density at radius 1 is 1.33 bits per heavy atom. The van der Waals surface area contributed by atoms with E-state index in [0.29, 0.717) is 12.5 Å². The first kappa shape index (κ1) is 15.4. The van der Waals surface area contributed by atoms with Gasteiger partial charge in [-0.1, -0.05) is 13.3 Å². The maximum absolute atomic E-state index is 10.9. The largest absolute Gasteiger partial charge is 0.301 e. The van der Waals surface area contributed by atoms with Gasteiger partial charge >= 0.3 is 0 Å². The maximum Gasteiger partial charge on any atom is 0.233 e. The van der Waals surface area contributed by atoms with Crippen LogP contribution in [0.2, 0.25) is 0 Å². The fraction of sp³-hybridized carbons (Fsp3) is 0.923. The van der Waals surface area contributed by atoms with Crippen molar-refractivity contribution in [3.05, 3.63) is 0 Å². The molecule has 0 bridgehead atoms. The molecule has 1 saturated heterocycles. The molecule has 1 atom stereocenters. The topological polar surface area (TPSA) is 61.6 Å². The smallest absolute Gasteiger partial charge is 0.233 e. The molecule has 1 amide bonds. The number of carbonyl (C=O) groups excluding carboxylic acids is 1. The average Bonchev–Trinajstić information content (AvgIpc) is 2.38. The van der Waals surface area contributed by atoms with Crippen molar-refractivity contribution < 1.29 is 4.79 Å². The van der Waals surface area contributed by atoms with Gasteiger partial charge in [0.25, 0.3) is 0 Å². The van der Waals surface area contributed by atoms with Gasteiger partial charge in [-0.05, 0) is 32.9 Å². The van der Waals surface area contributed by atoms with Crippen molar-refractivity contribution >= 4 is 5.91 Å². The minimum atomic E-state index is -0.0554. The summed E-state index contributed by atoms with van der Waals surface area (Å²) in [5.41, 5.74) is 2.17. The van der Waals surface area contributed by atoms with E-state index in [4.69, 9.17) is 5.84 Å². The van der Waals surface area contributed by atoms with Crippen molar-refractivity contribution in [1.29, 1.82) is 0 Å². The lowest BCUT2D eigenvalue weighted by Crippen LogP contribution is -2.51. The highest BCUT2D eigenvalue weighted by Gasteiger charge is 2.21. The van der Waals surface area contributed by atoms with Crippen LogP contribution in [0.15, 0.2) is 0 Å². The third-order valence-electron chi connectivity index (χ3n) is 3.79. The molecule has 1 fully saturated rings. The number of piperazine rings is 1. The monoisotopic (exact) mass is 256 g/mol. The van der Waals surface area contributed by atoms with Gasteiger partial charge in [-0.15, -0.1) is 0 Å². The molecule has 18 heavy (non-hydrogen) atoms. The van der Waals surface area contributed by atoms with Crippen molar-refractivity contribution in [1.82, 2.24) is 15.2 Å². The predicted molar refractivity (Wildman–Crippen MR) is 73.9 cm³/mol. The summed E-state index contributed by atoms with van der Waals surface area (Å²) in [5, 5.41) is 0. The van der Waals surface area contributed by atoms with E-state index in [1.165, 1.54) is 26.1 Å². The number of likely N-dealkylation sites (N-methyl/N-ethyl adjacent to an activating group) is 1. The number of hydrogen-bond donors (Lipinski definition) is 2. The first-order valence-electron chi connectivity index (χ1n) is 7.13. The Balaban J connectivity index is 2.05. The summed E-state index contributed by atoms with van der Waals surface area (Å²) >= 11 is 0. The van der Waals surface area contributed by atoms with Gasteiger partial charge in [0.1, 0.15) is 0 Å². The summed E-state index contributed by atoms with van der Waals surface area (Å²) in [5.74, 6) is 4.98. The molecular weight excluding hydrogens is 228 g/mol. The van der Waals surface area contributed by atoms with E-state index in [2.05, 4.69) is 29.1 Å². The molecule has 0 radical (unpaired) electrons. The molecule has 0 aromatic carbocycles. The molecule has 0 saturated carbocycles. The predicted octanol–water partition coefficient (Wildman–Crippen LogP) is 0.563. The Labute approximate surface area is 111 Å². The third-order valence-corrected chi connectivity index (χ3v) is 3.79. The van der Waals surface area contributed by atoms with E-state index >= 15 is 0 Å². The highest BCUT2D eigenvalue weighted by atomic mass is 16.2. The quantitative estimate of drug-likeness (QED) is 0.302. The number of nitrogens with zero attached hydrogens (tertiary/aromatic N) is 2. The number of nitrogens with two attached hydrogens (primary N) is 1. The second kappa shape index (κ2) is 8.45. The van der Waals surface area contributed by atoms with Crippen LogP contribution < -0.4 is 11.3 Å². The van der Waals surface area contributed by atoms with Crippen LogP contribution in [0.4, 0.5) is 0 Å². The van der Waals surface area contributed by atoms with Gasteiger partial charge < -0.3 is 4.90 Å². The second-order valence-corrected chi connectivity index (χ2v) is 5.16. The van der Waals surface area contributed by atoms with Crippen LogP contribution in [0.3, 0.4) is 0 Å². The molecule has 1 aliphatic rings. The molecular formula is C13H28N4O. The van der Waals surface area contributed by atoms with E-state index in [0.717, 1.165) is 25.9 Å². The molecule has 1 rings (SSSR count). The highest BCUT2D eigenvalue weighted by Crippen LogP contribution is 2.10. The standard InChI is InChI=1S/C13H28N4O/c1-3-17-10-9-16(11-12(17)2)8-6-4-5-7-13(18)15-14/h12H,3-11,14H2,1-2H3,(H,15,18). The van der Waals surface area contributed by atoms with Crippen LogP contribution in [0.1, 0.15) is 39.5 Å². The maximum atomic E-state index is 10.9. The molecule has 0 aliphatic carbocycles. The van der Waals surface area contributed by atoms with E-state index in [1.807, 2.05) is 0 Å². The summed E-state index contributed by atoms with van der Waals surface area (Å²) < 4.78 is 0. The number of unbranched alkanes of at least 4 members (excludes halogenated alkanes) is 2. The van der Waals surface area contributed by atoms with Crippen molar-refractivity contribution in [3.8, 4) is 0 Å². The lowest BCUT2D eigenvalue weighted by Gasteiger charge is -2.39. The van der Waals surface area contributed by atoms with Gasteiger partial charge in [-0.2, -0.15) is 0 Å². The van der Waals surface area contributed by atoms with Crippen LogP contribution in [-0.2, 0) is 4.79 Å². The number of hydrogen-bond acceptors (Lipinski definition) is 4. The molecule has 3 N–H and O–H groups in total. The molecule has 1 aliphatic heterocycles. The van der Waals surface area contributed by atoms with Crippen molar-refractivity contribution in [2.75, 3.05) is 32.7 Å². The van der Waals surface area contributed by atoms with Crippen LogP contribution in [-0.4, -0.2) is 54.5 Å². The van der Waals surface area contributed by atoms with Crippen molar-refractivity contribution in [3.63, 3.8) is 0 Å². The Hall–Kier alpha value is -0.650. The lowest BCUT2D eigenvalue weighted by molar-refractivity contribution is -0.121. The molecule has 0 spiro atoms. The lowest BCUT2D eigenvalue weighted by atomic mass is 10.1. The number of nitrogens with one attached hydrogen (secondary N) is 1. The second-order valence-electron chi connectivity index (χ2n) is 5.16. The van der Waals surface area contributed by atoms with Crippen molar-refractivity contribution in [2.45, 2.75) is 45.6 Å². The van der Waals surface area contributed by atoms with Crippen LogP contribution >= 0.6 is 0 Å². The summed E-state index contributed by atoms with van der Waals surface area (Å²) in [7, 11) is 0. The summed E-state index contributed by atoms with van der Waals surface area (Å²) in [6.45, 7) is 10.4. The third kappa shape index (κ3) is 5.33. The fourth-order valence-corrected chi connectivity index (χ4v) is 2.61. The Bertz CT molecular complexity index is 247. The van der Waals surface area contributed by atoms with E-state index in [9.17, 15) is 4.79 Å². The van der Waals surface area contributed by atoms with Crippen LogP contribution in [0, 0.1) is 0 Å². The Morgan fingerprint density at radius 3 is 2.72 bits per heavy atom. The molecule has 5 heteroatoms. The molecule has 106 valence electrons. The van der Waals surface area contributed by atoms with Gasteiger partial charge in [0.2, 0.25) is 5.91 Å². The van der Waals surface area contributed by atoms with E-state index in [-0.39, 0.29) is 5.91 Å². The number of amides is 1. The molecule has 1 heterocycles. The van der Waals surface area contributed by atoms with Crippen LogP contribution in [0.25, 0.3) is 0 Å². The number of carbonyl (C=O) groups is 1. The Morgan fingerprint density at radius 2 is 2.11 bits per heavy atom. The molecule has 5 nitrogen and oxygen atoms in total. The van der Waals surface area contributed by atoms with E-state index < -0.39 is 0 Å². The van der Waals surface area contributed by atoms with Gasteiger partial charge in [0, 0.05) is 32.1 Å². The summed E-state index contributed by atoms with van der Waals surface area (Å²) in [6.07, 6.45) is 3.77. The fourth-order valence-electron chi connectivity index (χ4n) is 2.61. The minimum absolute atomic E-state index is 0.0554.